The number of nitrogens with one attached hydrogen (secondary N) is 1. The molecular formula is C18H13F3N4O. The van der Waals surface area contributed by atoms with E-state index in [1.54, 1.807) is 35.0 Å². The second kappa shape index (κ2) is 6.55. The molecule has 0 radical (unpaired) electrons. The van der Waals surface area contributed by atoms with Gasteiger partial charge in [0, 0.05) is 11.3 Å². The van der Waals surface area contributed by atoms with Gasteiger partial charge in [-0.25, -0.2) is 9.07 Å². The number of ether oxygens (including phenoxy) is 1. The number of allylic oxidation sites excluding steroid dienone is 1. The second-order valence-corrected chi connectivity index (χ2v) is 5.60. The van der Waals surface area contributed by atoms with E-state index in [9.17, 15) is 13.2 Å². The molecule has 2 aromatic carbocycles. The van der Waals surface area contributed by atoms with Crippen LogP contribution in [0.2, 0.25) is 0 Å². The van der Waals surface area contributed by atoms with Gasteiger partial charge >= 0.3 is 6.61 Å². The number of halogens is 3. The number of nitrogens with zero attached hydrogens (tertiary/aromatic N) is 3. The Hall–Kier alpha value is -3.29. The number of alkyl halides is 2. The lowest BCUT2D eigenvalue weighted by Gasteiger charge is -2.25. The Morgan fingerprint density at radius 1 is 1.08 bits per heavy atom. The lowest BCUT2D eigenvalue weighted by molar-refractivity contribution is -0.0506. The molecular weight excluding hydrogens is 345 g/mol. The van der Waals surface area contributed by atoms with Crippen LogP contribution in [0, 0.1) is 5.82 Å². The molecule has 26 heavy (non-hydrogen) atoms. The summed E-state index contributed by atoms with van der Waals surface area (Å²) in [6.07, 6.45) is 3.18. The van der Waals surface area contributed by atoms with Crippen LogP contribution in [0.4, 0.5) is 19.1 Å². The standard InChI is InChI=1S/C18H13F3N4O/c19-12-7-5-11(6-8-12)14-9-15(25-18(24-14)22-10-23-25)13-3-1-2-4-16(13)26-17(20)21/h1-10,15,17H,(H,22,23,24)/t15-/m0/s1. The Labute approximate surface area is 146 Å². The van der Waals surface area contributed by atoms with Crippen molar-refractivity contribution >= 4 is 11.6 Å². The van der Waals surface area contributed by atoms with Gasteiger partial charge in [-0.05, 0) is 42.0 Å². The Morgan fingerprint density at radius 2 is 1.85 bits per heavy atom. The van der Waals surface area contributed by atoms with Crippen LogP contribution in [0.3, 0.4) is 0 Å². The highest BCUT2D eigenvalue weighted by atomic mass is 19.3. The highest BCUT2D eigenvalue weighted by Crippen LogP contribution is 2.36. The summed E-state index contributed by atoms with van der Waals surface area (Å²) in [5.41, 5.74) is 1.92. The topological polar surface area (TPSA) is 52.0 Å². The van der Waals surface area contributed by atoms with Crippen molar-refractivity contribution in [3.8, 4) is 5.75 Å². The monoisotopic (exact) mass is 358 g/mol. The van der Waals surface area contributed by atoms with Crippen molar-refractivity contribution in [2.45, 2.75) is 12.7 Å². The summed E-state index contributed by atoms with van der Waals surface area (Å²) in [6.45, 7) is -2.94. The van der Waals surface area contributed by atoms with Crippen LogP contribution >= 0.6 is 0 Å². The van der Waals surface area contributed by atoms with Crippen molar-refractivity contribution in [1.82, 2.24) is 14.8 Å². The molecule has 1 aliphatic heterocycles. The minimum absolute atomic E-state index is 0.0607. The zero-order valence-electron chi connectivity index (χ0n) is 13.3. The van der Waals surface area contributed by atoms with E-state index >= 15 is 0 Å². The second-order valence-electron chi connectivity index (χ2n) is 5.60. The zero-order chi connectivity index (χ0) is 18.1. The summed E-state index contributed by atoms with van der Waals surface area (Å²) in [6, 6.07) is 12.0. The van der Waals surface area contributed by atoms with Crippen LogP contribution in [0.5, 0.6) is 5.75 Å². The van der Waals surface area contributed by atoms with Crippen LogP contribution < -0.4 is 10.1 Å². The molecule has 0 bridgehead atoms. The summed E-state index contributed by atoms with van der Waals surface area (Å²) in [5, 5.41) is 7.28. The predicted octanol–water partition coefficient (Wildman–Crippen LogP) is 4.07. The highest BCUT2D eigenvalue weighted by molar-refractivity contribution is 5.77. The number of para-hydroxylation sites is 1. The molecule has 0 saturated carbocycles. The van der Waals surface area contributed by atoms with Gasteiger partial charge in [0.25, 0.3) is 0 Å². The number of hydrogen-bond donors (Lipinski definition) is 1. The molecule has 0 amide bonds. The van der Waals surface area contributed by atoms with E-state index in [1.165, 1.54) is 24.5 Å². The SMILES string of the molecule is Fc1ccc(C2=C[C@@H](c3ccccc3OC(F)F)n3ncnc3N2)cc1. The Kier molecular flexibility index (Phi) is 4.08. The van der Waals surface area contributed by atoms with Gasteiger partial charge in [0.1, 0.15) is 23.9 Å². The van der Waals surface area contributed by atoms with E-state index in [0.29, 0.717) is 17.2 Å². The molecule has 0 saturated heterocycles. The fourth-order valence-corrected chi connectivity index (χ4v) is 2.88. The lowest BCUT2D eigenvalue weighted by atomic mass is 10.0. The maximum absolute atomic E-state index is 13.2. The number of benzene rings is 2. The van der Waals surface area contributed by atoms with Crippen LogP contribution in [-0.4, -0.2) is 21.4 Å². The van der Waals surface area contributed by atoms with Gasteiger partial charge in [-0.1, -0.05) is 18.2 Å². The van der Waals surface area contributed by atoms with E-state index in [4.69, 9.17) is 0 Å². The third kappa shape index (κ3) is 3.01. The fourth-order valence-electron chi connectivity index (χ4n) is 2.88. The summed E-state index contributed by atoms with van der Waals surface area (Å²) in [4.78, 5) is 4.15. The Balaban J connectivity index is 1.81. The van der Waals surface area contributed by atoms with Gasteiger partial charge in [0.05, 0.1) is 0 Å². The maximum Gasteiger partial charge on any atom is 0.387 e. The minimum atomic E-state index is -2.94. The average molecular weight is 358 g/mol. The van der Waals surface area contributed by atoms with Crippen molar-refractivity contribution in [3.63, 3.8) is 0 Å². The number of aromatic nitrogens is 3. The van der Waals surface area contributed by atoms with E-state index in [2.05, 4.69) is 20.1 Å². The van der Waals surface area contributed by atoms with Gasteiger partial charge < -0.3 is 10.1 Å². The molecule has 1 aromatic heterocycles. The first-order valence-electron chi connectivity index (χ1n) is 7.80. The van der Waals surface area contributed by atoms with Gasteiger partial charge in [-0.2, -0.15) is 18.9 Å². The molecule has 0 spiro atoms. The van der Waals surface area contributed by atoms with Gasteiger partial charge in [0.15, 0.2) is 0 Å². The van der Waals surface area contributed by atoms with Crippen molar-refractivity contribution in [3.05, 3.63) is 77.9 Å². The molecule has 0 unspecified atom stereocenters. The lowest BCUT2D eigenvalue weighted by Crippen LogP contribution is -2.21. The maximum atomic E-state index is 13.2. The molecule has 8 heteroatoms. The number of anilines is 1. The van der Waals surface area contributed by atoms with Gasteiger partial charge in [0.2, 0.25) is 5.95 Å². The van der Waals surface area contributed by atoms with Gasteiger partial charge in [-0.3, -0.25) is 0 Å². The molecule has 1 aliphatic rings. The van der Waals surface area contributed by atoms with Crippen LogP contribution in [0.15, 0.2) is 60.9 Å². The normalized spacial score (nSPS) is 16.0. The van der Waals surface area contributed by atoms with Crippen LogP contribution in [0.1, 0.15) is 17.2 Å². The molecule has 3 aromatic rings. The van der Waals surface area contributed by atoms with E-state index in [-0.39, 0.29) is 11.6 Å². The highest BCUT2D eigenvalue weighted by Gasteiger charge is 2.26. The molecule has 1 N–H and O–H groups in total. The van der Waals surface area contributed by atoms with Crippen molar-refractivity contribution < 1.29 is 17.9 Å². The number of fused-ring (bicyclic) bond motifs is 1. The van der Waals surface area contributed by atoms with E-state index < -0.39 is 12.7 Å². The molecule has 132 valence electrons. The quantitative estimate of drug-likeness (QED) is 0.764. The number of hydrogen-bond acceptors (Lipinski definition) is 4. The molecule has 4 rings (SSSR count). The smallest absolute Gasteiger partial charge is 0.387 e. The third-order valence-electron chi connectivity index (χ3n) is 4.02. The summed E-state index contributed by atoms with van der Waals surface area (Å²) >= 11 is 0. The summed E-state index contributed by atoms with van der Waals surface area (Å²) in [7, 11) is 0. The minimum Gasteiger partial charge on any atom is -0.434 e. The van der Waals surface area contributed by atoms with Crippen molar-refractivity contribution in [2.24, 2.45) is 0 Å². The molecule has 0 fully saturated rings. The average Bonchev–Trinajstić information content (AvgIpc) is 3.10. The Morgan fingerprint density at radius 3 is 2.62 bits per heavy atom. The van der Waals surface area contributed by atoms with Crippen molar-refractivity contribution in [2.75, 3.05) is 5.32 Å². The predicted molar refractivity (Wildman–Crippen MR) is 89.2 cm³/mol. The zero-order valence-corrected chi connectivity index (χ0v) is 13.3. The fraction of sp³-hybridized carbons (Fsp3) is 0.111. The molecule has 5 nitrogen and oxygen atoms in total. The molecule has 0 aliphatic carbocycles. The largest absolute Gasteiger partial charge is 0.434 e. The number of rotatable bonds is 4. The Bertz CT molecular complexity index is 953. The van der Waals surface area contributed by atoms with E-state index in [1.807, 2.05) is 6.08 Å². The van der Waals surface area contributed by atoms with Gasteiger partial charge in [-0.15, -0.1) is 0 Å². The summed E-state index contributed by atoms with van der Waals surface area (Å²) < 4.78 is 45.0. The molecule has 2 heterocycles. The van der Waals surface area contributed by atoms with Crippen LogP contribution in [-0.2, 0) is 0 Å². The molecule has 1 atom stereocenters. The van der Waals surface area contributed by atoms with Crippen LogP contribution in [0.25, 0.3) is 5.70 Å². The first-order chi connectivity index (χ1) is 12.6. The van der Waals surface area contributed by atoms with E-state index in [0.717, 1.165) is 5.56 Å². The third-order valence-corrected chi connectivity index (χ3v) is 4.02. The summed E-state index contributed by atoms with van der Waals surface area (Å²) in [5.74, 6) is 0.162. The van der Waals surface area contributed by atoms with Crippen molar-refractivity contribution in [1.29, 1.82) is 0 Å². The first-order valence-corrected chi connectivity index (χ1v) is 7.80. The first kappa shape index (κ1) is 16.2.